The van der Waals surface area contributed by atoms with Crippen molar-refractivity contribution in [3.05, 3.63) is 52.0 Å². The van der Waals surface area contributed by atoms with Crippen LogP contribution in [-0.4, -0.2) is 5.11 Å². The van der Waals surface area contributed by atoms with E-state index >= 15 is 0 Å². The van der Waals surface area contributed by atoms with E-state index in [1.165, 1.54) is 23.5 Å². The van der Waals surface area contributed by atoms with Crippen molar-refractivity contribution < 1.29 is 9.50 Å². The van der Waals surface area contributed by atoms with Gasteiger partial charge in [0.05, 0.1) is 6.04 Å². The Morgan fingerprint density at radius 3 is 2.62 bits per heavy atom. The Hall–Kier alpha value is -1.10. The van der Waals surface area contributed by atoms with Crippen LogP contribution >= 0.6 is 23.7 Å². The molecule has 2 nitrogen and oxygen atoms in total. The highest BCUT2D eigenvalue weighted by atomic mass is 35.5. The van der Waals surface area contributed by atoms with Gasteiger partial charge in [-0.15, -0.1) is 23.7 Å². The van der Waals surface area contributed by atoms with Crippen molar-refractivity contribution in [1.29, 1.82) is 0 Å². The fraction of sp³-hybridized carbons (Fsp3) is 0.0909. The van der Waals surface area contributed by atoms with Gasteiger partial charge >= 0.3 is 0 Å². The highest BCUT2D eigenvalue weighted by Crippen LogP contribution is 2.27. The van der Waals surface area contributed by atoms with Gasteiger partial charge in [-0.1, -0.05) is 12.1 Å². The second-order valence-corrected chi connectivity index (χ2v) is 4.18. The number of phenolic OH excluding ortho intramolecular Hbond substituents is 1. The maximum atomic E-state index is 13.5. The number of nitrogens with two attached hydrogens (primary N) is 1. The lowest BCUT2D eigenvalue weighted by Crippen LogP contribution is -2.11. The number of halogens is 2. The summed E-state index contributed by atoms with van der Waals surface area (Å²) in [5.74, 6) is -0.564. The first-order valence-electron chi connectivity index (χ1n) is 4.46. The number of phenols is 1. The fourth-order valence-corrected chi connectivity index (χ4v) is 2.13. The van der Waals surface area contributed by atoms with Gasteiger partial charge in [-0.25, -0.2) is 4.39 Å². The van der Waals surface area contributed by atoms with Crippen LogP contribution in [0.25, 0.3) is 0 Å². The van der Waals surface area contributed by atoms with Gasteiger partial charge < -0.3 is 10.8 Å². The van der Waals surface area contributed by atoms with Gasteiger partial charge in [-0.3, -0.25) is 0 Å². The van der Waals surface area contributed by atoms with Crippen molar-refractivity contribution in [3.63, 3.8) is 0 Å². The minimum absolute atomic E-state index is 0. The van der Waals surface area contributed by atoms with E-state index in [0.29, 0.717) is 5.56 Å². The number of hydrogen-bond donors (Lipinski definition) is 2. The smallest absolute Gasteiger partial charge is 0.132 e. The molecular weight excluding hydrogens is 249 g/mol. The molecule has 86 valence electrons. The summed E-state index contributed by atoms with van der Waals surface area (Å²) in [6.07, 6.45) is 0. The van der Waals surface area contributed by atoms with Crippen LogP contribution in [0.3, 0.4) is 0 Å². The quantitative estimate of drug-likeness (QED) is 0.871. The van der Waals surface area contributed by atoms with Crippen LogP contribution in [0.5, 0.6) is 5.75 Å². The third kappa shape index (κ3) is 2.52. The predicted octanol–water partition coefficient (Wildman–Crippen LogP) is 3.06. The molecule has 0 aliphatic carbocycles. The summed E-state index contributed by atoms with van der Waals surface area (Å²) in [6, 6.07) is 7.29. The molecular formula is C11H11ClFNOS. The number of aromatic hydroxyl groups is 1. The summed E-state index contributed by atoms with van der Waals surface area (Å²) in [5, 5.41) is 11.0. The molecule has 0 fully saturated rings. The Labute approximate surface area is 103 Å². The van der Waals surface area contributed by atoms with Gasteiger partial charge in [0.25, 0.3) is 0 Å². The second kappa shape index (κ2) is 5.30. The summed E-state index contributed by atoms with van der Waals surface area (Å²) >= 11 is 1.48. The molecule has 0 unspecified atom stereocenters. The molecule has 16 heavy (non-hydrogen) atoms. The molecule has 5 heteroatoms. The van der Waals surface area contributed by atoms with Crippen LogP contribution in [-0.2, 0) is 0 Å². The molecule has 0 amide bonds. The average Bonchev–Trinajstić information content (AvgIpc) is 2.69. The highest BCUT2D eigenvalue weighted by molar-refractivity contribution is 7.10. The van der Waals surface area contributed by atoms with Crippen LogP contribution in [0.15, 0.2) is 35.7 Å². The zero-order valence-corrected chi connectivity index (χ0v) is 9.89. The number of rotatable bonds is 2. The molecule has 1 heterocycles. The molecule has 0 spiro atoms. The summed E-state index contributed by atoms with van der Waals surface area (Å²) in [6.45, 7) is 0. The third-order valence-electron chi connectivity index (χ3n) is 2.17. The van der Waals surface area contributed by atoms with E-state index in [-0.39, 0.29) is 18.2 Å². The van der Waals surface area contributed by atoms with Crippen molar-refractivity contribution in [2.75, 3.05) is 0 Å². The zero-order chi connectivity index (χ0) is 10.8. The Balaban J connectivity index is 0.00000128. The normalized spacial score (nSPS) is 11.9. The molecule has 0 saturated heterocycles. The van der Waals surface area contributed by atoms with Crippen LogP contribution in [0.2, 0.25) is 0 Å². The Bertz CT molecular complexity index is 461. The molecule has 0 saturated carbocycles. The van der Waals surface area contributed by atoms with E-state index in [4.69, 9.17) is 10.8 Å². The first-order valence-corrected chi connectivity index (χ1v) is 5.34. The van der Waals surface area contributed by atoms with Gasteiger partial charge in [0.2, 0.25) is 0 Å². The maximum Gasteiger partial charge on any atom is 0.132 e. The molecule has 0 radical (unpaired) electrons. The van der Waals surface area contributed by atoms with Crippen molar-refractivity contribution in [1.82, 2.24) is 0 Å². The molecule has 3 N–H and O–H groups in total. The minimum atomic E-state index is -0.476. The summed E-state index contributed by atoms with van der Waals surface area (Å²) in [7, 11) is 0. The first-order chi connectivity index (χ1) is 7.18. The average molecular weight is 260 g/mol. The van der Waals surface area contributed by atoms with E-state index in [1.807, 2.05) is 17.5 Å². The third-order valence-corrected chi connectivity index (χ3v) is 3.12. The Kier molecular flexibility index (Phi) is 4.29. The largest absolute Gasteiger partial charge is 0.508 e. The van der Waals surface area contributed by atoms with Gasteiger partial charge in [-0.05, 0) is 17.5 Å². The standard InChI is InChI=1S/C11H10FNOS.ClH/c12-9-6-7(14)3-4-8(9)11(13)10-2-1-5-15-10;/h1-6,11,14H,13H2;1H/t11-;/m0./s1. The lowest BCUT2D eigenvalue weighted by atomic mass is 10.1. The van der Waals surface area contributed by atoms with Crippen LogP contribution in [0.4, 0.5) is 4.39 Å². The Morgan fingerprint density at radius 2 is 2.06 bits per heavy atom. The fourth-order valence-electron chi connectivity index (χ4n) is 1.39. The van der Waals surface area contributed by atoms with Crippen LogP contribution in [0, 0.1) is 5.82 Å². The van der Waals surface area contributed by atoms with E-state index in [0.717, 1.165) is 10.9 Å². The number of benzene rings is 1. The van der Waals surface area contributed by atoms with Gasteiger partial charge in [0, 0.05) is 16.5 Å². The SMILES string of the molecule is Cl.N[C@H](c1cccs1)c1ccc(O)cc1F. The molecule has 0 bridgehead atoms. The van der Waals surface area contributed by atoms with Crippen LogP contribution in [0.1, 0.15) is 16.5 Å². The molecule has 0 aliphatic heterocycles. The first kappa shape index (κ1) is 13.0. The molecule has 0 aliphatic rings. The van der Waals surface area contributed by atoms with E-state index in [2.05, 4.69) is 0 Å². The minimum Gasteiger partial charge on any atom is -0.508 e. The summed E-state index contributed by atoms with van der Waals surface area (Å²) in [4.78, 5) is 0.902. The summed E-state index contributed by atoms with van der Waals surface area (Å²) in [5.41, 5.74) is 6.30. The molecule has 1 aromatic heterocycles. The lowest BCUT2D eigenvalue weighted by molar-refractivity contribution is 0.467. The lowest BCUT2D eigenvalue weighted by Gasteiger charge is -2.11. The maximum absolute atomic E-state index is 13.5. The van der Waals surface area contributed by atoms with Gasteiger partial charge in [-0.2, -0.15) is 0 Å². The van der Waals surface area contributed by atoms with Crippen molar-refractivity contribution in [3.8, 4) is 5.75 Å². The molecule has 2 rings (SSSR count). The molecule has 2 aromatic rings. The van der Waals surface area contributed by atoms with Crippen molar-refractivity contribution in [2.45, 2.75) is 6.04 Å². The number of hydrogen-bond acceptors (Lipinski definition) is 3. The van der Waals surface area contributed by atoms with E-state index in [9.17, 15) is 4.39 Å². The topological polar surface area (TPSA) is 46.2 Å². The van der Waals surface area contributed by atoms with Crippen molar-refractivity contribution >= 4 is 23.7 Å². The number of thiophene rings is 1. The van der Waals surface area contributed by atoms with Gasteiger partial charge in [0.1, 0.15) is 11.6 Å². The monoisotopic (exact) mass is 259 g/mol. The molecule has 1 aromatic carbocycles. The second-order valence-electron chi connectivity index (χ2n) is 3.20. The highest BCUT2D eigenvalue weighted by Gasteiger charge is 2.14. The molecule has 1 atom stereocenters. The van der Waals surface area contributed by atoms with Crippen molar-refractivity contribution in [2.24, 2.45) is 5.73 Å². The zero-order valence-electron chi connectivity index (χ0n) is 8.26. The van der Waals surface area contributed by atoms with Gasteiger partial charge in [0.15, 0.2) is 0 Å². The predicted molar refractivity (Wildman–Crippen MR) is 65.7 cm³/mol. The van der Waals surface area contributed by atoms with E-state index in [1.54, 1.807) is 0 Å². The van der Waals surface area contributed by atoms with Crippen LogP contribution < -0.4 is 5.73 Å². The summed E-state index contributed by atoms with van der Waals surface area (Å²) < 4.78 is 13.5. The van der Waals surface area contributed by atoms with E-state index < -0.39 is 11.9 Å². The Morgan fingerprint density at radius 1 is 1.31 bits per heavy atom.